The van der Waals surface area contributed by atoms with Gasteiger partial charge in [0.25, 0.3) is 0 Å². The Kier molecular flexibility index (Phi) is 3.49. The Bertz CT molecular complexity index is 370. The van der Waals surface area contributed by atoms with E-state index in [1.54, 1.807) is 12.1 Å². The summed E-state index contributed by atoms with van der Waals surface area (Å²) in [7, 11) is 0. The Morgan fingerprint density at radius 1 is 1.50 bits per heavy atom. The summed E-state index contributed by atoms with van der Waals surface area (Å²) in [6.07, 6.45) is 1.45. The van der Waals surface area contributed by atoms with E-state index in [1.807, 2.05) is 20.8 Å². The van der Waals surface area contributed by atoms with Crippen LogP contribution in [0.1, 0.15) is 31.1 Å². The van der Waals surface area contributed by atoms with E-state index in [4.69, 9.17) is 11.5 Å². The number of hydrogen-bond donors (Lipinski definition) is 3. The first-order valence-electron chi connectivity index (χ1n) is 5.12. The van der Waals surface area contributed by atoms with Crippen molar-refractivity contribution < 1.29 is 4.79 Å². The number of rotatable bonds is 4. The third kappa shape index (κ3) is 2.93. The molecule has 0 radical (unpaired) electrons. The second-order valence-corrected chi connectivity index (χ2v) is 4.43. The lowest BCUT2D eigenvalue weighted by molar-refractivity contribution is 0.1000. The van der Waals surface area contributed by atoms with Crippen molar-refractivity contribution in [3.8, 4) is 0 Å². The molecular formula is C11H18N4O. The third-order valence-electron chi connectivity index (χ3n) is 2.64. The van der Waals surface area contributed by atoms with E-state index in [1.165, 1.54) is 6.20 Å². The van der Waals surface area contributed by atoms with Gasteiger partial charge in [-0.3, -0.25) is 4.79 Å². The van der Waals surface area contributed by atoms with Crippen molar-refractivity contribution in [3.63, 3.8) is 0 Å². The SMILES string of the molecule is CC(N)C(C)(C)Nc1ccc(C(N)=O)cn1. The fourth-order valence-corrected chi connectivity index (χ4v) is 1.06. The van der Waals surface area contributed by atoms with E-state index in [0.717, 1.165) is 0 Å². The summed E-state index contributed by atoms with van der Waals surface area (Å²) >= 11 is 0. The topological polar surface area (TPSA) is 94.0 Å². The average molecular weight is 222 g/mol. The number of aromatic nitrogens is 1. The molecule has 0 fully saturated rings. The van der Waals surface area contributed by atoms with Crippen LogP contribution in [0.5, 0.6) is 0 Å². The lowest BCUT2D eigenvalue weighted by Gasteiger charge is -2.30. The number of nitrogens with two attached hydrogens (primary N) is 2. The molecule has 0 aliphatic rings. The molecule has 0 spiro atoms. The van der Waals surface area contributed by atoms with Gasteiger partial charge in [-0.1, -0.05) is 0 Å². The lowest BCUT2D eigenvalue weighted by Crippen LogP contribution is -2.47. The molecule has 1 rings (SSSR count). The molecule has 16 heavy (non-hydrogen) atoms. The van der Waals surface area contributed by atoms with Crippen molar-refractivity contribution in [3.05, 3.63) is 23.9 Å². The van der Waals surface area contributed by atoms with Crippen molar-refractivity contribution in [1.82, 2.24) is 4.98 Å². The van der Waals surface area contributed by atoms with Gasteiger partial charge in [-0.05, 0) is 32.9 Å². The number of pyridine rings is 1. The van der Waals surface area contributed by atoms with Gasteiger partial charge in [-0.2, -0.15) is 0 Å². The number of carbonyl (C=O) groups excluding carboxylic acids is 1. The summed E-state index contributed by atoms with van der Waals surface area (Å²) in [4.78, 5) is 14.9. The number of anilines is 1. The van der Waals surface area contributed by atoms with Gasteiger partial charge in [0.2, 0.25) is 5.91 Å². The van der Waals surface area contributed by atoms with Gasteiger partial charge >= 0.3 is 0 Å². The third-order valence-corrected chi connectivity index (χ3v) is 2.64. The Hall–Kier alpha value is -1.62. The number of nitrogens with one attached hydrogen (secondary N) is 1. The van der Waals surface area contributed by atoms with Crippen LogP contribution in [0.4, 0.5) is 5.82 Å². The highest BCUT2D eigenvalue weighted by atomic mass is 16.1. The first-order valence-corrected chi connectivity index (χ1v) is 5.12. The Morgan fingerprint density at radius 2 is 2.12 bits per heavy atom. The van der Waals surface area contributed by atoms with Gasteiger partial charge in [0, 0.05) is 17.8 Å². The predicted octanol–water partition coefficient (Wildman–Crippen LogP) is 0.718. The highest BCUT2D eigenvalue weighted by Crippen LogP contribution is 2.15. The quantitative estimate of drug-likeness (QED) is 0.699. The highest BCUT2D eigenvalue weighted by Gasteiger charge is 2.22. The number of primary amides is 1. The summed E-state index contributed by atoms with van der Waals surface area (Å²) in [6.45, 7) is 5.90. The largest absolute Gasteiger partial charge is 0.366 e. The zero-order valence-corrected chi connectivity index (χ0v) is 9.82. The molecule has 0 saturated heterocycles. The van der Waals surface area contributed by atoms with Gasteiger partial charge in [0.15, 0.2) is 0 Å². The van der Waals surface area contributed by atoms with Gasteiger partial charge in [-0.25, -0.2) is 4.98 Å². The van der Waals surface area contributed by atoms with Crippen LogP contribution in [0.3, 0.4) is 0 Å². The molecule has 5 heteroatoms. The number of hydrogen-bond acceptors (Lipinski definition) is 4. The van der Waals surface area contributed by atoms with Crippen molar-refractivity contribution in [2.24, 2.45) is 11.5 Å². The molecule has 5 nitrogen and oxygen atoms in total. The maximum absolute atomic E-state index is 10.8. The number of amides is 1. The summed E-state index contributed by atoms with van der Waals surface area (Å²) in [5.41, 5.74) is 11.1. The summed E-state index contributed by atoms with van der Waals surface area (Å²) in [5.74, 6) is 0.192. The Labute approximate surface area is 95.2 Å². The molecular weight excluding hydrogens is 204 g/mol. The van der Waals surface area contributed by atoms with Gasteiger partial charge in [-0.15, -0.1) is 0 Å². The smallest absolute Gasteiger partial charge is 0.250 e. The van der Waals surface area contributed by atoms with Crippen molar-refractivity contribution >= 4 is 11.7 Å². The van der Waals surface area contributed by atoms with Crippen LogP contribution in [-0.4, -0.2) is 22.5 Å². The molecule has 1 unspecified atom stereocenters. The minimum Gasteiger partial charge on any atom is -0.366 e. The fraction of sp³-hybridized carbons (Fsp3) is 0.455. The normalized spacial score (nSPS) is 13.2. The van der Waals surface area contributed by atoms with E-state index in [0.29, 0.717) is 11.4 Å². The molecule has 5 N–H and O–H groups in total. The lowest BCUT2D eigenvalue weighted by atomic mass is 9.97. The molecule has 0 aromatic carbocycles. The second kappa shape index (κ2) is 4.49. The molecule has 0 saturated carbocycles. The molecule has 1 amide bonds. The number of nitrogens with zero attached hydrogens (tertiary/aromatic N) is 1. The highest BCUT2D eigenvalue weighted by molar-refractivity contribution is 5.92. The van der Waals surface area contributed by atoms with E-state index in [-0.39, 0.29) is 11.6 Å². The first kappa shape index (κ1) is 12.4. The van der Waals surface area contributed by atoms with Crippen LogP contribution in [0.2, 0.25) is 0 Å². The molecule has 0 aliphatic heterocycles. The van der Waals surface area contributed by atoms with Gasteiger partial charge < -0.3 is 16.8 Å². The molecule has 1 aromatic rings. The van der Waals surface area contributed by atoms with Crippen LogP contribution >= 0.6 is 0 Å². The van der Waals surface area contributed by atoms with Gasteiger partial charge in [0.1, 0.15) is 5.82 Å². The zero-order chi connectivity index (χ0) is 12.3. The van der Waals surface area contributed by atoms with Crippen LogP contribution in [0.25, 0.3) is 0 Å². The van der Waals surface area contributed by atoms with E-state index in [2.05, 4.69) is 10.3 Å². The molecule has 1 atom stereocenters. The van der Waals surface area contributed by atoms with Crippen LogP contribution in [-0.2, 0) is 0 Å². The molecule has 1 heterocycles. The summed E-state index contributed by atoms with van der Waals surface area (Å²) < 4.78 is 0. The molecule has 1 aromatic heterocycles. The second-order valence-electron chi connectivity index (χ2n) is 4.43. The maximum Gasteiger partial charge on any atom is 0.250 e. The minimum absolute atomic E-state index is 0.0230. The standard InChI is InChI=1S/C11H18N4O/c1-7(12)11(2,3)15-9-5-4-8(6-14-9)10(13)16/h4-7H,12H2,1-3H3,(H2,13,16)(H,14,15). The molecule has 0 aliphatic carbocycles. The number of carbonyl (C=O) groups is 1. The first-order chi connectivity index (χ1) is 7.33. The van der Waals surface area contributed by atoms with E-state index < -0.39 is 5.91 Å². The monoisotopic (exact) mass is 222 g/mol. The minimum atomic E-state index is -0.481. The van der Waals surface area contributed by atoms with Crippen molar-refractivity contribution in [2.75, 3.05) is 5.32 Å². The fourth-order valence-electron chi connectivity index (χ4n) is 1.06. The van der Waals surface area contributed by atoms with Gasteiger partial charge in [0.05, 0.1) is 5.56 Å². The average Bonchev–Trinajstić information content (AvgIpc) is 2.17. The van der Waals surface area contributed by atoms with Crippen molar-refractivity contribution in [1.29, 1.82) is 0 Å². The Morgan fingerprint density at radius 3 is 2.50 bits per heavy atom. The molecule has 0 bridgehead atoms. The maximum atomic E-state index is 10.8. The van der Waals surface area contributed by atoms with Crippen LogP contribution in [0.15, 0.2) is 18.3 Å². The predicted molar refractivity (Wildman–Crippen MR) is 64.1 cm³/mol. The van der Waals surface area contributed by atoms with Crippen molar-refractivity contribution in [2.45, 2.75) is 32.4 Å². The Balaban J connectivity index is 2.80. The summed E-state index contributed by atoms with van der Waals surface area (Å²) in [6, 6.07) is 3.32. The van der Waals surface area contributed by atoms with Crippen LogP contribution in [0, 0.1) is 0 Å². The zero-order valence-electron chi connectivity index (χ0n) is 9.82. The molecule has 88 valence electrons. The summed E-state index contributed by atoms with van der Waals surface area (Å²) in [5, 5.41) is 3.20. The van der Waals surface area contributed by atoms with E-state index in [9.17, 15) is 4.79 Å². The van der Waals surface area contributed by atoms with Crippen LogP contribution < -0.4 is 16.8 Å². The van der Waals surface area contributed by atoms with E-state index >= 15 is 0 Å².